The number of nitrogens with zero attached hydrogens (tertiary/aromatic N) is 2. The summed E-state index contributed by atoms with van der Waals surface area (Å²) in [6.45, 7) is 1.78. The van der Waals surface area contributed by atoms with E-state index in [0.717, 1.165) is 5.56 Å². The molecule has 0 aromatic heterocycles. The van der Waals surface area contributed by atoms with Crippen molar-refractivity contribution < 1.29 is 14.3 Å². The first-order valence-corrected chi connectivity index (χ1v) is 8.49. The maximum absolute atomic E-state index is 12.8. The van der Waals surface area contributed by atoms with E-state index in [1.165, 1.54) is 5.01 Å². The van der Waals surface area contributed by atoms with Crippen LogP contribution in [0.4, 0.5) is 5.69 Å². The Morgan fingerprint density at radius 1 is 1.04 bits per heavy atom. The van der Waals surface area contributed by atoms with Crippen molar-refractivity contribution in [1.82, 2.24) is 0 Å². The van der Waals surface area contributed by atoms with Gasteiger partial charge in [0.25, 0.3) is 5.91 Å². The van der Waals surface area contributed by atoms with Crippen LogP contribution in [0.3, 0.4) is 0 Å². The van der Waals surface area contributed by atoms with Gasteiger partial charge < -0.3 is 9.47 Å². The van der Waals surface area contributed by atoms with Gasteiger partial charge in [-0.15, -0.1) is 0 Å². The van der Waals surface area contributed by atoms with E-state index in [0.29, 0.717) is 38.5 Å². The van der Waals surface area contributed by atoms with E-state index in [-0.39, 0.29) is 5.91 Å². The summed E-state index contributed by atoms with van der Waals surface area (Å²) in [6, 6.07) is 10.3. The van der Waals surface area contributed by atoms with Gasteiger partial charge in [0, 0.05) is 11.6 Å². The lowest BCUT2D eigenvalue weighted by Gasteiger charge is -2.12. The molecule has 0 bridgehead atoms. The molecule has 134 valence electrons. The molecule has 1 aliphatic rings. The lowest BCUT2D eigenvalue weighted by atomic mass is 10.1. The molecule has 0 spiro atoms. The molecule has 0 N–H and O–H groups in total. The highest BCUT2D eigenvalue weighted by Gasteiger charge is 2.29. The summed E-state index contributed by atoms with van der Waals surface area (Å²) in [4.78, 5) is 12.8. The van der Waals surface area contributed by atoms with Gasteiger partial charge in [-0.25, -0.2) is 0 Å². The third-order valence-electron chi connectivity index (χ3n) is 3.95. The molecule has 2 aromatic rings. The Labute approximate surface area is 161 Å². The molecule has 1 amide bonds. The number of ether oxygens (including phenoxy) is 2. The second-order valence-electron chi connectivity index (χ2n) is 5.57. The van der Waals surface area contributed by atoms with Gasteiger partial charge in [0.2, 0.25) is 0 Å². The van der Waals surface area contributed by atoms with Crippen LogP contribution in [0.1, 0.15) is 12.5 Å². The summed E-state index contributed by atoms with van der Waals surface area (Å²) in [6.07, 6.45) is 1.75. The van der Waals surface area contributed by atoms with Crippen LogP contribution >= 0.6 is 23.2 Å². The average molecular weight is 391 g/mol. The zero-order valence-electron chi connectivity index (χ0n) is 14.4. The van der Waals surface area contributed by atoms with Crippen LogP contribution in [-0.4, -0.2) is 25.8 Å². The van der Waals surface area contributed by atoms with Crippen LogP contribution in [0.25, 0.3) is 6.08 Å². The molecule has 7 heteroatoms. The Balaban J connectivity index is 1.97. The number of hydrazone groups is 1. The van der Waals surface area contributed by atoms with Crippen LogP contribution < -0.4 is 14.5 Å². The molecular formula is C19H16Cl2N2O3. The lowest BCUT2D eigenvalue weighted by Crippen LogP contribution is -2.21. The number of anilines is 1. The molecule has 5 nitrogen and oxygen atoms in total. The van der Waals surface area contributed by atoms with Crippen molar-refractivity contribution in [1.29, 1.82) is 0 Å². The zero-order chi connectivity index (χ0) is 18.8. The predicted octanol–water partition coefficient (Wildman–Crippen LogP) is 4.82. The van der Waals surface area contributed by atoms with Gasteiger partial charge in [0.1, 0.15) is 11.5 Å². The van der Waals surface area contributed by atoms with Crippen LogP contribution in [0.2, 0.25) is 10.0 Å². The van der Waals surface area contributed by atoms with E-state index in [9.17, 15) is 4.79 Å². The number of hydrogen-bond donors (Lipinski definition) is 0. The minimum atomic E-state index is -0.251. The number of halogens is 2. The summed E-state index contributed by atoms with van der Waals surface area (Å²) in [5.41, 5.74) is 2.37. The first-order valence-electron chi connectivity index (χ1n) is 7.73. The molecule has 0 unspecified atom stereocenters. The number of carbonyl (C=O) groups excluding carboxylic acids is 1. The van der Waals surface area contributed by atoms with Crippen LogP contribution in [-0.2, 0) is 4.79 Å². The first kappa shape index (κ1) is 18.3. The fraction of sp³-hybridized carbons (Fsp3) is 0.158. The number of hydrogen-bond acceptors (Lipinski definition) is 4. The summed E-state index contributed by atoms with van der Waals surface area (Å²) in [7, 11) is 3.15. The van der Waals surface area contributed by atoms with Gasteiger partial charge in [-0.05, 0) is 43.3 Å². The Morgan fingerprint density at radius 2 is 1.81 bits per heavy atom. The van der Waals surface area contributed by atoms with Crippen molar-refractivity contribution in [2.24, 2.45) is 5.10 Å². The van der Waals surface area contributed by atoms with Gasteiger partial charge in [-0.1, -0.05) is 23.2 Å². The maximum atomic E-state index is 12.8. The van der Waals surface area contributed by atoms with Crippen molar-refractivity contribution in [3.05, 3.63) is 57.6 Å². The van der Waals surface area contributed by atoms with Crippen LogP contribution in [0, 0.1) is 0 Å². The smallest absolute Gasteiger partial charge is 0.280 e. The molecule has 0 saturated heterocycles. The van der Waals surface area contributed by atoms with Crippen LogP contribution in [0.15, 0.2) is 47.1 Å². The Hall–Kier alpha value is -2.50. The topological polar surface area (TPSA) is 51.1 Å². The third kappa shape index (κ3) is 3.41. The Morgan fingerprint density at radius 3 is 2.46 bits per heavy atom. The molecule has 26 heavy (non-hydrogen) atoms. The Bertz CT molecular complexity index is 938. The van der Waals surface area contributed by atoms with Crippen molar-refractivity contribution in [3.63, 3.8) is 0 Å². The lowest BCUT2D eigenvalue weighted by molar-refractivity contribution is -0.114. The van der Waals surface area contributed by atoms with Gasteiger partial charge >= 0.3 is 0 Å². The number of carbonyl (C=O) groups is 1. The van der Waals surface area contributed by atoms with Crippen LogP contribution in [0.5, 0.6) is 11.5 Å². The second-order valence-corrected chi connectivity index (χ2v) is 6.38. The molecule has 2 aromatic carbocycles. The molecule has 1 heterocycles. The maximum Gasteiger partial charge on any atom is 0.280 e. The molecule has 0 fully saturated rings. The van der Waals surface area contributed by atoms with Gasteiger partial charge in [0.05, 0.1) is 41.2 Å². The molecule has 0 radical (unpaired) electrons. The summed E-state index contributed by atoms with van der Waals surface area (Å²) in [5.74, 6) is 1.02. The number of methoxy groups -OCH3 is 2. The minimum Gasteiger partial charge on any atom is -0.497 e. The van der Waals surface area contributed by atoms with E-state index in [1.54, 1.807) is 57.6 Å². The van der Waals surface area contributed by atoms with Crippen molar-refractivity contribution in [2.75, 3.05) is 19.2 Å². The number of rotatable bonds is 4. The van der Waals surface area contributed by atoms with Crippen molar-refractivity contribution >= 4 is 46.6 Å². The van der Waals surface area contributed by atoms with E-state index < -0.39 is 0 Å². The third-order valence-corrected chi connectivity index (χ3v) is 4.69. The fourth-order valence-corrected chi connectivity index (χ4v) is 2.86. The molecule has 0 atom stereocenters. The molecular weight excluding hydrogens is 375 g/mol. The number of amides is 1. The molecule has 0 saturated carbocycles. The molecule has 3 rings (SSSR count). The van der Waals surface area contributed by atoms with Gasteiger partial charge in [-0.2, -0.15) is 10.1 Å². The van der Waals surface area contributed by atoms with Crippen molar-refractivity contribution in [2.45, 2.75) is 6.92 Å². The normalized spacial score (nSPS) is 15.4. The SMILES string of the molecule is COc1ccc(/C=C2/C(=O)N(c3ccc(Cl)c(Cl)c3)N=C2C)c(OC)c1. The zero-order valence-corrected chi connectivity index (χ0v) is 15.9. The van der Waals surface area contributed by atoms with Crippen molar-refractivity contribution in [3.8, 4) is 11.5 Å². The highest BCUT2D eigenvalue weighted by molar-refractivity contribution is 6.42. The summed E-state index contributed by atoms with van der Waals surface area (Å²) < 4.78 is 10.6. The Kier molecular flexibility index (Phi) is 5.20. The van der Waals surface area contributed by atoms with E-state index in [4.69, 9.17) is 32.7 Å². The van der Waals surface area contributed by atoms with E-state index in [2.05, 4.69) is 5.10 Å². The highest BCUT2D eigenvalue weighted by Crippen LogP contribution is 2.32. The quantitative estimate of drug-likeness (QED) is 0.703. The largest absolute Gasteiger partial charge is 0.497 e. The monoisotopic (exact) mass is 390 g/mol. The average Bonchev–Trinajstić information content (AvgIpc) is 2.92. The fourth-order valence-electron chi connectivity index (χ4n) is 2.57. The van der Waals surface area contributed by atoms with Gasteiger partial charge in [0.15, 0.2) is 0 Å². The highest BCUT2D eigenvalue weighted by atomic mass is 35.5. The van der Waals surface area contributed by atoms with Gasteiger partial charge in [-0.3, -0.25) is 4.79 Å². The first-order chi connectivity index (χ1) is 12.4. The molecule has 1 aliphatic heterocycles. The van der Waals surface area contributed by atoms with E-state index in [1.807, 2.05) is 6.07 Å². The van der Waals surface area contributed by atoms with E-state index >= 15 is 0 Å². The summed E-state index contributed by atoms with van der Waals surface area (Å²) in [5, 5.41) is 6.43. The standard InChI is InChI=1S/C19H16Cl2N2O3/c1-11-15(8-12-4-6-14(25-2)10-18(12)26-3)19(24)23(22-11)13-5-7-16(20)17(21)9-13/h4-10H,1-3H3/b15-8+. The predicted molar refractivity (Wildman–Crippen MR) is 105 cm³/mol. The molecule has 0 aliphatic carbocycles. The summed E-state index contributed by atoms with van der Waals surface area (Å²) >= 11 is 12.0. The minimum absolute atomic E-state index is 0.251. The second kappa shape index (κ2) is 7.40. The number of benzene rings is 2.